The third kappa shape index (κ3) is 2.53. The molecule has 2 N–H and O–H groups in total. The van der Waals surface area contributed by atoms with Gasteiger partial charge in [-0.25, -0.2) is 0 Å². The van der Waals surface area contributed by atoms with Crippen LogP contribution in [-0.2, 0) is 6.54 Å². The lowest BCUT2D eigenvalue weighted by Gasteiger charge is -2.10. The van der Waals surface area contributed by atoms with E-state index in [1.165, 1.54) is 29.1 Å². The Morgan fingerprint density at radius 2 is 2.54 bits per heavy atom. The molecule has 1 aromatic rings. The fourth-order valence-corrected chi connectivity index (χ4v) is 2.50. The van der Waals surface area contributed by atoms with Crippen molar-refractivity contribution in [3.8, 4) is 0 Å². The van der Waals surface area contributed by atoms with Crippen LogP contribution in [0, 0.1) is 6.92 Å². The number of aryl methyl sites for hydroxylation is 1. The summed E-state index contributed by atoms with van der Waals surface area (Å²) in [6, 6.07) is 4.39. The van der Waals surface area contributed by atoms with Crippen LogP contribution in [0.3, 0.4) is 0 Å². The molecule has 0 aliphatic carbocycles. The Morgan fingerprint density at radius 1 is 1.62 bits per heavy atom. The van der Waals surface area contributed by atoms with E-state index >= 15 is 0 Å². The zero-order valence-electron chi connectivity index (χ0n) is 7.97. The van der Waals surface area contributed by atoms with E-state index in [4.69, 9.17) is 0 Å². The molecule has 1 aliphatic heterocycles. The van der Waals surface area contributed by atoms with Crippen molar-refractivity contribution < 1.29 is 0 Å². The maximum absolute atomic E-state index is 3.51. The molecular formula is C10H16N2S. The molecule has 3 heteroatoms. The highest BCUT2D eigenvalue weighted by molar-refractivity contribution is 7.11. The minimum atomic E-state index is 0.544. The first kappa shape index (κ1) is 9.19. The molecule has 0 aromatic carbocycles. The first-order valence-corrected chi connectivity index (χ1v) is 5.68. The van der Waals surface area contributed by atoms with Crippen molar-refractivity contribution in [2.24, 2.45) is 0 Å². The smallest absolute Gasteiger partial charge is 0.0575 e. The zero-order valence-corrected chi connectivity index (χ0v) is 8.79. The summed E-state index contributed by atoms with van der Waals surface area (Å²) in [5.74, 6) is 0. The van der Waals surface area contributed by atoms with Gasteiger partial charge < -0.3 is 5.32 Å². The number of hydrogen-bond acceptors (Lipinski definition) is 3. The van der Waals surface area contributed by atoms with Gasteiger partial charge in [-0.2, -0.15) is 0 Å². The lowest BCUT2D eigenvalue weighted by molar-refractivity contribution is 0.485. The molecule has 2 nitrogen and oxygen atoms in total. The summed E-state index contributed by atoms with van der Waals surface area (Å²) in [6.07, 6.45) is 3.12. The SMILES string of the molecule is Cc1ccc(CNC2CCCN2)s1. The molecule has 1 unspecified atom stereocenters. The quantitative estimate of drug-likeness (QED) is 0.771. The van der Waals surface area contributed by atoms with Crippen LogP contribution in [0.4, 0.5) is 0 Å². The van der Waals surface area contributed by atoms with Crippen LogP contribution in [0.1, 0.15) is 22.6 Å². The number of hydrogen-bond donors (Lipinski definition) is 2. The van der Waals surface area contributed by atoms with Gasteiger partial charge in [0.1, 0.15) is 0 Å². The van der Waals surface area contributed by atoms with E-state index in [2.05, 4.69) is 29.7 Å². The number of rotatable bonds is 3. The van der Waals surface area contributed by atoms with E-state index in [-0.39, 0.29) is 0 Å². The van der Waals surface area contributed by atoms with E-state index in [0.29, 0.717) is 6.17 Å². The van der Waals surface area contributed by atoms with Crippen LogP contribution in [0.25, 0.3) is 0 Å². The fourth-order valence-electron chi connectivity index (χ4n) is 1.66. The average molecular weight is 196 g/mol. The largest absolute Gasteiger partial charge is 0.302 e. The first-order valence-electron chi connectivity index (χ1n) is 4.87. The van der Waals surface area contributed by atoms with Gasteiger partial charge >= 0.3 is 0 Å². The summed E-state index contributed by atoms with van der Waals surface area (Å²) >= 11 is 1.88. The third-order valence-electron chi connectivity index (χ3n) is 2.38. The molecule has 0 spiro atoms. The number of nitrogens with one attached hydrogen (secondary N) is 2. The normalized spacial score (nSPS) is 22.4. The minimum absolute atomic E-state index is 0.544. The Labute approximate surface area is 83.4 Å². The van der Waals surface area contributed by atoms with Gasteiger partial charge in [0.15, 0.2) is 0 Å². The van der Waals surface area contributed by atoms with Crippen molar-refractivity contribution in [2.45, 2.75) is 32.5 Å². The molecule has 1 fully saturated rings. The second kappa shape index (κ2) is 4.22. The summed E-state index contributed by atoms with van der Waals surface area (Å²) in [5, 5.41) is 6.94. The molecule has 13 heavy (non-hydrogen) atoms. The Balaban J connectivity index is 1.78. The van der Waals surface area contributed by atoms with Crippen LogP contribution in [0.15, 0.2) is 12.1 Å². The highest BCUT2D eigenvalue weighted by atomic mass is 32.1. The van der Waals surface area contributed by atoms with Crippen molar-refractivity contribution >= 4 is 11.3 Å². The lowest BCUT2D eigenvalue weighted by atomic mass is 10.3. The van der Waals surface area contributed by atoms with Crippen molar-refractivity contribution in [2.75, 3.05) is 6.54 Å². The van der Waals surface area contributed by atoms with Gasteiger partial charge in [-0.3, -0.25) is 5.32 Å². The van der Waals surface area contributed by atoms with Crippen molar-refractivity contribution in [1.29, 1.82) is 0 Å². The molecule has 0 saturated carbocycles. The molecule has 1 saturated heterocycles. The van der Waals surface area contributed by atoms with Crippen molar-refractivity contribution in [3.63, 3.8) is 0 Å². The van der Waals surface area contributed by atoms with E-state index < -0.39 is 0 Å². The molecule has 2 heterocycles. The van der Waals surface area contributed by atoms with Crippen LogP contribution in [0.2, 0.25) is 0 Å². The van der Waals surface area contributed by atoms with Gasteiger partial charge in [0.05, 0.1) is 6.17 Å². The molecule has 1 aromatic heterocycles. The van der Waals surface area contributed by atoms with Gasteiger partial charge in [0.2, 0.25) is 0 Å². The van der Waals surface area contributed by atoms with Gasteiger partial charge in [0.25, 0.3) is 0 Å². The Morgan fingerprint density at radius 3 is 3.15 bits per heavy atom. The third-order valence-corrected chi connectivity index (χ3v) is 3.38. The highest BCUT2D eigenvalue weighted by Gasteiger charge is 2.12. The van der Waals surface area contributed by atoms with E-state index in [0.717, 1.165) is 6.54 Å². The predicted molar refractivity (Wildman–Crippen MR) is 56.9 cm³/mol. The molecular weight excluding hydrogens is 180 g/mol. The summed E-state index contributed by atoms with van der Waals surface area (Å²) in [5.41, 5.74) is 0. The molecule has 0 amide bonds. The van der Waals surface area contributed by atoms with Crippen LogP contribution in [-0.4, -0.2) is 12.7 Å². The highest BCUT2D eigenvalue weighted by Crippen LogP contribution is 2.15. The van der Waals surface area contributed by atoms with Crippen LogP contribution in [0.5, 0.6) is 0 Å². The first-order chi connectivity index (χ1) is 6.34. The van der Waals surface area contributed by atoms with E-state index in [9.17, 15) is 0 Å². The van der Waals surface area contributed by atoms with Crippen LogP contribution >= 0.6 is 11.3 Å². The van der Waals surface area contributed by atoms with Crippen LogP contribution < -0.4 is 10.6 Å². The second-order valence-corrected chi connectivity index (χ2v) is 4.91. The minimum Gasteiger partial charge on any atom is -0.302 e. The van der Waals surface area contributed by atoms with Gasteiger partial charge in [-0.15, -0.1) is 11.3 Å². The summed E-state index contributed by atoms with van der Waals surface area (Å²) in [6.45, 7) is 4.33. The van der Waals surface area contributed by atoms with Gasteiger partial charge in [-0.05, 0) is 38.4 Å². The van der Waals surface area contributed by atoms with E-state index in [1.807, 2.05) is 11.3 Å². The predicted octanol–water partition coefficient (Wildman–Crippen LogP) is 1.86. The Hall–Kier alpha value is -0.380. The molecule has 1 aliphatic rings. The maximum atomic E-state index is 3.51. The molecule has 72 valence electrons. The zero-order chi connectivity index (χ0) is 9.10. The second-order valence-electron chi connectivity index (χ2n) is 3.54. The molecule has 0 radical (unpaired) electrons. The molecule has 0 bridgehead atoms. The fraction of sp³-hybridized carbons (Fsp3) is 0.600. The van der Waals surface area contributed by atoms with Crippen molar-refractivity contribution in [3.05, 3.63) is 21.9 Å². The average Bonchev–Trinajstić information content (AvgIpc) is 2.71. The Kier molecular flexibility index (Phi) is 2.98. The monoisotopic (exact) mass is 196 g/mol. The Bertz CT molecular complexity index is 264. The molecule has 2 rings (SSSR count). The maximum Gasteiger partial charge on any atom is 0.0575 e. The summed E-state index contributed by atoms with van der Waals surface area (Å²) < 4.78 is 0. The number of thiophene rings is 1. The summed E-state index contributed by atoms with van der Waals surface area (Å²) in [4.78, 5) is 2.84. The standard InChI is InChI=1S/C10H16N2S/c1-8-4-5-9(13-8)7-12-10-3-2-6-11-10/h4-5,10-12H,2-3,6-7H2,1H3. The van der Waals surface area contributed by atoms with E-state index in [1.54, 1.807) is 0 Å². The van der Waals surface area contributed by atoms with Crippen molar-refractivity contribution in [1.82, 2.24) is 10.6 Å². The topological polar surface area (TPSA) is 24.1 Å². The molecule has 1 atom stereocenters. The van der Waals surface area contributed by atoms with Gasteiger partial charge in [0, 0.05) is 16.3 Å². The lowest BCUT2D eigenvalue weighted by Crippen LogP contribution is -2.36. The summed E-state index contributed by atoms with van der Waals surface area (Å²) in [7, 11) is 0. The van der Waals surface area contributed by atoms with Gasteiger partial charge in [-0.1, -0.05) is 0 Å².